The van der Waals surface area contributed by atoms with Crippen molar-refractivity contribution in [1.29, 1.82) is 0 Å². The van der Waals surface area contributed by atoms with Crippen LogP contribution in [0.4, 0.5) is 11.4 Å². The van der Waals surface area contributed by atoms with Gasteiger partial charge in [-0.1, -0.05) is 6.92 Å². The summed E-state index contributed by atoms with van der Waals surface area (Å²) < 4.78 is 5.07. The number of nitrogens with zero attached hydrogens (tertiary/aromatic N) is 1. The number of hydrogen-bond acceptors (Lipinski definition) is 4. The van der Waals surface area contributed by atoms with Crippen molar-refractivity contribution >= 4 is 17.3 Å². The molecule has 18 heavy (non-hydrogen) atoms. The molecule has 1 aliphatic carbocycles. The van der Waals surface area contributed by atoms with E-state index in [4.69, 9.17) is 4.74 Å². The van der Waals surface area contributed by atoms with Crippen molar-refractivity contribution in [3.05, 3.63) is 28.3 Å². The molecule has 2 rings (SSSR count). The van der Waals surface area contributed by atoms with Crippen molar-refractivity contribution in [2.75, 3.05) is 12.4 Å². The highest BCUT2D eigenvalue weighted by atomic mass is 16.6. The maximum Gasteiger partial charge on any atom is 0.271 e. The molecule has 0 radical (unpaired) electrons. The van der Waals surface area contributed by atoms with Crippen molar-refractivity contribution in [2.45, 2.75) is 13.3 Å². The van der Waals surface area contributed by atoms with Gasteiger partial charge in [0.1, 0.15) is 5.75 Å². The number of ether oxygens (including phenoxy) is 1. The summed E-state index contributed by atoms with van der Waals surface area (Å²) in [6, 6.07) is 4.13. The average molecular weight is 250 g/mol. The van der Waals surface area contributed by atoms with Gasteiger partial charge in [-0.15, -0.1) is 0 Å². The van der Waals surface area contributed by atoms with Gasteiger partial charge in [0.05, 0.1) is 17.7 Å². The van der Waals surface area contributed by atoms with Crippen molar-refractivity contribution in [2.24, 2.45) is 11.8 Å². The van der Waals surface area contributed by atoms with Crippen molar-refractivity contribution in [3.63, 3.8) is 0 Å². The lowest BCUT2D eigenvalue weighted by atomic mass is 10.2. The molecule has 2 atom stereocenters. The summed E-state index contributed by atoms with van der Waals surface area (Å²) in [6.07, 6.45) is 0.864. The Balaban J connectivity index is 2.21. The van der Waals surface area contributed by atoms with Gasteiger partial charge in [-0.05, 0) is 18.4 Å². The second-order valence-electron chi connectivity index (χ2n) is 4.45. The Morgan fingerprint density at radius 2 is 2.22 bits per heavy atom. The van der Waals surface area contributed by atoms with Crippen LogP contribution in [0.3, 0.4) is 0 Å². The minimum Gasteiger partial charge on any atom is -0.495 e. The largest absolute Gasteiger partial charge is 0.495 e. The van der Waals surface area contributed by atoms with E-state index in [1.165, 1.54) is 25.3 Å². The molecule has 2 unspecified atom stereocenters. The smallest absolute Gasteiger partial charge is 0.271 e. The highest BCUT2D eigenvalue weighted by molar-refractivity contribution is 5.96. The van der Waals surface area contributed by atoms with Gasteiger partial charge in [0, 0.05) is 18.1 Å². The molecule has 6 nitrogen and oxygen atoms in total. The van der Waals surface area contributed by atoms with E-state index in [1.54, 1.807) is 0 Å². The number of nitro groups is 1. The van der Waals surface area contributed by atoms with E-state index < -0.39 is 4.92 Å². The lowest BCUT2D eigenvalue weighted by molar-refractivity contribution is -0.384. The van der Waals surface area contributed by atoms with Crippen LogP contribution in [0.2, 0.25) is 0 Å². The number of nitro benzene ring substituents is 1. The quantitative estimate of drug-likeness (QED) is 0.656. The normalized spacial score (nSPS) is 21.2. The summed E-state index contributed by atoms with van der Waals surface area (Å²) in [5, 5.41) is 13.4. The molecule has 96 valence electrons. The lowest BCUT2D eigenvalue weighted by Crippen LogP contribution is -2.15. The molecular formula is C12H14N2O4. The minimum absolute atomic E-state index is 0.00830. The Bertz CT molecular complexity index is 501. The Hall–Kier alpha value is -2.11. The van der Waals surface area contributed by atoms with Crippen molar-refractivity contribution in [3.8, 4) is 5.75 Å². The van der Waals surface area contributed by atoms with E-state index in [1.807, 2.05) is 6.92 Å². The molecule has 1 aromatic rings. The molecule has 1 saturated carbocycles. The van der Waals surface area contributed by atoms with Crippen LogP contribution < -0.4 is 10.1 Å². The Kier molecular flexibility index (Phi) is 3.18. The molecule has 0 saturated heterocycles. The molecule has 1 aliphatic rings. The number of hydrogen-bond donors (Lipinski definition) is 1. The van der Waals surface area contributed by atoms with Crippen LogP contribution >= 0.6 is 0 Å². The zero-order valence-electron chi connectivity index (χ0n) is 10.2. The first kappa shape index (κ1) is 12.3. The predicted octanol–water partition coefficient (Wildman–Crippen LogP) is 2.20. The van der Waals surface area contributed by atoms with Crippen LogP contribution in [0, 0.1) is 22.0 Å². The molecular weight excluding hydrogens is 236 g/mol. The molecule has 0 heterocycles. The molecule has 0 spiro atoms. The number of benzene rings is 1. The van der Waals surface area contributed by atoms with Gasteiger partial charge >= 0.3 is 0 Å². The molecule has 0 aromatic heterocycles. The third kappa shape index (κ3) is 2.42. The van der Waals surface area contributed by atoms with Gasteiger partial charge in [-0.3, -0.25) is 14.9 Å². The molecule has 1 fully saturated rings. The van der Waals surface area contributed by atoms with Gasteiger partial charge in [0.15, 0.2) is 0 Å². The van der Waals surface area contributed by atoms with E-state index in [2.05, 4.69) is 5.32 Å². The number of anilines is 1. The maximum absolute atomic E-state index is 11.8. The first-order valence-electron chi connectivity index (χ1n) is 5.66. The third-order valence-electron chi connectivity index (χ3n) is 3.10. The minimum atomic E-state index is -0.505. The summed E-state index contributed by atoms with van der Waals surface area (Å²) in [6.45, 7) is 1.99. The highest BCUT2D eigenvalue weighted by Crippen LogP contribution is 2.39. The zero-order chi connectivity index (χ0) is 13.3. The second kappa shape index (κ2) is 4.64. The van der Waals surface area contributed by atoms with Gasteiger partial charge < -0.3 is 10.1 Å². The predicted molar refractivity (Wildman–Crippen MR) is 65.5 cm³/mol. The van der Waals surface area contributed by atoms with Crippen molar-refractivity contribution < 1.29 is 14.5 Å². The Morgan fingerprint density at radius 3 is 2.72 bits per heavy atom. The fourth-order valence-corrected chi connectivity index (χ4v) is 1.82. The molecule has 1 N–H and O–H groups in total. The lowest BCUT2D eigenvalue weighted by Gasteiger charge is -2.09. The number of rotatable bonds is 4. The fraction of sp³-hybridized carbons (Fsp3) is 0.417. The summed E-state index contributed by atoms with van der Waals surface area (Å²) in [7, 11) is 1.45. The number of carbonyl (C=O) groups is 1. The molecule has 0 bridgehead atoms. The Morgan fingerprint density at radius 1 is 1.56 bits per heavy atom. The van der Waals surface area contributed by atoms with E-state index in [9.17, 15) is 14.9 Å². The third-order valence-corrected chi connectivity index (χ3v) is 3.10. The molecule has 1 amide bonds. The fourth-order valence-electron chi connectivity index (χ4n) is 1.82. The number of carbonyl (C=O) groups excluding carboxylic acids is 1. The van der Waals surface area contributed by atoms with E-state index in [0.717, 1.165) is 6.42 Å². The average Bonchev–Trinajstić information content (AvgIpc) is 3.06. The SMILES string of the molecule is COc1ccc([N+](=O)[O-])cc1NC(=O)C1CC1C. The molecule has 0 aliphatic heterocycles. The highest BCUT2D eigenvalue weighted by Gasteiger charge is 2.39. The van der Waals surface area contributed by atoms with E-state index in [-0.39, 0.29) is 17.5 Å². The van der Waals surface area contributed by atoms with Crippen molar-refractivity contribution in [1.82, 2.24) is 0 Å². The van der Waals surface area contributed by atoms with Gasteiger partial charge in [0.2, 0.25) is 5.91 Å². The number of non-ortho nitro benzene ring substituents is 1. The van der Waals surface area contributed by atoms with Crippen LogP contribution in [0.5, 0.6) is 5.75 Å². The first-order valence-corrected chi connectivity index (χ1v) is 5.66. The number of nitrogens with one attached hydrogen (secondary N) is 1. The summed E-state index contributed by atoms with van der Waals surface area (Å²) in [5.41, 5.74) is 0.269. The summed E-state index contributed by atoms with van der Waals surface area (Å²) in [4.78, 5) is 22.0. The van der Waals surface area contributed by atoms with Gasteiger partial charge in [-0.2, -0.15) is 0 Å². The van der Waals surface area contributed by atoms with Gasteiger partial charge in [0.25, 0.3) is 5.69 Å². The van der Waals surface area contributed by atoms with E-state index in [0.29, 0.717) is 17.4 Å². The topological polar surface area (TPSA) is 81.5 Å². The molecule has 6 heteroatoms. The zero-order valence-corrected chi connectivity index (χ0v) is 10.2. The van der Waals surface area contributed by atoms with Crippen LogP contribution in [0.15, 0.2) is 18.2 Å². The van der Waals surface area contributed by atoms with E-state index >= 15 is 0 Å². The maximum atomic E-state index is 11.8. The summed E-state index contributed by atoms with van der Waals surface area (Å²) in [5.74, 6) is 0.701. The second-order valence-corrected chi connectivity index (χ2v) is 4.45. The monoisotopic (exact) mass is 250 g/mol. The first-order chi connectivity index (χ1) is 8.52. The number of methoxy groups -OCH3 is 1. The van der Waals surface area contributed by atoms with Crippen LogP contribution in [-0.2, 0) is 4.79 Å². The van der Waals surface area contributed by atoms with Gasteiger partial charge in [-0.25, -0.2) is 0 Å². The van der Waals surface area contributed by atoms with Crippen LogP contribution in [0.1, 0.15) is 13.3 Å². The Labute approximate surface area is 104 Å². The van der Waals surface area contributed by atoms with Crippen LogP contribution in [-0.4, -0.2) is 17.9 Å². The number of amides is 1. The summed E-state index contributed by atoms with van der Waals surface area (Å²) >= 11 is 0. The van der Waals surface area contributed by atoms with Crippen LogP contribution in [0.25, 0.3) is 0 Å². The molecule has 1 aromatic carbocycles. The standard InChI is InChI=1S/C12H14N2O4/c1-7-5-9(7)12(15)13-10-6-8(14(16)17)3-4-11(10)18-2/h3-4,6-7,9H,5H2,1-2H3,(H,13,15).